The molecule has 0 saturated carbocycles. The summed E-state index contributed by atoms with van der Waals surface area (Å²) in [6.45, 7) is 11.2. The van der Waals surface area contributed by atoms with E-state index in [1.54, 1.807) is 30.3 Å². The normalized spacial score (nSPS) is 14.5. The molecular formula is C27H32N4O3S. The summed E-state index contributed by atoms with van der Waals surface area (Å²) in [6.07, 6.45) is 0. The first-order valence-corrected chi connectivity index (χ1v) is 13.3. The molecule has 0 aromatic heterocycles. The van der Waals surface area contributed by atoms with E-state index in [2.05, 4.69) is 32.8 Å². The fourth-order valence-electron chi connectivity index (χ4n) is 4.23. The van der Waals surface area contributed by atoms with Gasteiger partial charge in [0.25, 0.3) is 15.9 Å². The lowest BCUT2D eigenvalue weighted by Crippen LogP contribution is -2.46. The highest BCUT2D eigenvalue weighted by Crippen LogP contribution is 2.25. The predicted molar refractivity (Wildman–Crippen MR) is 142 cm³/mol. The summed E-state index contributed by atoms with van der Waals surface area (Å²) >= 11 is 0. The van der Waals surface area contributed by atoms with Crippen molar-refractivity contribution in [2.24, 2.45) is 0 Å². The molecule has 8 heteroatoms. The summed E-state index contributed by atoms with van der Waals surface area (Å²) in [5.74, 6) is -0.356. The monoisotopic (exact) mass is 492 g/mol. The molecule has 0 atom stereocenters. The van der Waals surface area contributed by atoms with Gasteiger partial charge >= 0.3 is 0 Å². The standard InChI is InChI=1S/C27H32N4O3S/c1-4-30-13-15-31(16-14-30)24-11-12-26(21(3)18-24)28-27(32)22-8-6-10-25(19-22)35(33,34)29-23-9-5-7-20(2)17-23/h5-12,17-19,29H,4,13-16H2,1-3H3,(H,28,32). The number of aryl methyl sites for hydroxylation is 2. The van der Waals surface area contributed by atoms with Crippen LogP contribution in [0.25, 0.3) is 0 Å². The number of hydrogen-bond acceptors (Lipinski definition) is 5. The molecule has 1 fully saturated rings. The van der Waals surface area contributed by atoms with Crippen LogP contribution in [0.5, 0.6) is 0 Å². The van der Waals surface area contributed by atoms with Crippen molar-refractivity contribution in [3.63, 3.8) is 0 Å². The molecule has 7 nitrogen and oxygen atoms in total. The molecule has 3 aromatic rings. The maximum absolute atomic E-state index is 13.0. The number of carbonyl (C=O) groups excluding carboxylic acids is 1. The van der Waals surface area contributed by atoms with Gasteiger partial charge in [0.15, 0.2) is 0 Å². The number of anilines is 3. The van der Waals surface area contributed by atoms with Gasteiger partial charge in [0, 0.05) is 48.8 Å². The summed E-state index contributed by atoms with van der Waals surface area (Å²) < 4.78 is 28.3. The van der Waals surface area contributed by atoms with Gasteiger partial charge in [0.05, 0.1) is 4.90 Å². The molecule has 0 spiro atoms. The molecular weight excluding hydrogens is 460 g/mol. The van der Waals surface area contributed by atoms with Gasteiger partial charge in [-0.25, -0.2) is 8.42 Å². The van der Waals surface area contributed by atoms with Crippen molar-refractivity contribution in [3.8, 4) is 0 Å². The molecule has 1 heterocycles. The second kappa shape index (κ2) is 10.5. The zero-order chi connectivity index (χ0) is 25.0. The Bertz CT molecular complexity index is 1320. The van der Waals surface area contributed by atoms with Gasteiger partial charge in [0.1, 0.15) is 0 Å². The molecule has 184 valence electrons. The molecule has 1 aliphatic rings. The van der Waals surface area contributed by atoms with E-state index in [0.717, 1.165) is 49.5 Å². The van der Waals surface area contributed by atoms with Crippen LogP contribution in [0.1, 0.15) is 28.4 Å². The Balaban J connectivity index is 1.46. The number of nitrogens with zero attached hydrogens (tertiary/aromatic N) is 2. The molecule has 3 aromatic carbocycles. The van der Waals surface area contributed by atoms with E-state index < -0.39 is 10.0 Å². The first kappa shape index (κ1) is 24.8. The lowest BCUT2D eigenvalue weighted by atomic mass is 10.1. The summed E-state index contributed by atoms with van der Waals surface area (Å²) in [4.78, 5) is 17.8. The summed E-state index contributed by atoms with van der Waals surface area (Å²) in [6, 6.07) is 19.2. The van der Waals surface area contributed by atoms with Crippen LogP contribution in [0.15, 0.2) is 71.6 Å². The van der Waals surface area contributed by atoms with E-state index in [4.69, 9.17) is 0 Å². The highest BCUT2D eigenvalue weighted by Gasteiger charge is 2.19. The average molecular weight is 493 g/mol. The van der Waals surface area contributed by atoms with Crippen LogP contribution in [-0.4, -0.2) is 51.9 Å². The minimum Gasteiger partial charge on any atom is -0.369 e. The zero-order valence-corrected chi connectivity index (χ0v) is 21.2. The third kappa shape index (κ3) is 6.01. The van der Waals surface area contributed by atoms with Gasteiger partial charge in [-0.15, -0.1) is 0 Å². The van der Waals surface area contributed by atoms with E-state index >= 15 is 0 Å². The fourth-order valence-corrected chi connectivity index (χ4v) is 5.32. The topological polar surface area (TPSA) is 81.8 Å². The first-order valence-electron chi connectivity index (χ1n) is 11.8. The number of amides is 1. The molecule has 1 aliphatic heterocycles. The van der Waals surface area contributed by atoms with Gasteiger partial charge in [-0.05, 0) is 80.1 Å². The van der Waals surface area contributed by atoms with E-state index in [9.17, 15) is 13.2 Å². The van der Waals surface area contributed by atoms with Crippen LogP contribution in [0.4, 0.5) is 17.1 Å². The lowest BCUT2D eigenvalue weighted by molar-refractivity contribution is 0.102. The highest BCUT2D eigenvalue weighted by atomic mass is 32.2. The van der Waals surface area contributed by atoms with Crippen LogP contribution in [0.3, 0.4) is 0 Å². The Morgan fingerprint density at radius 2 is 1.66 bits per heavy atom. The van der Waals surface area contributed by atoms with Gasteiger partial charge in [0.2, 0.25) is 0 Å². The summed E-state index contributed by atoms with van der Waals surface area (Å²) in [5.41, 5.74) is 4.51. The van der Waals surface area contributed by atoms with Gasteiger partial charge in [-0.1, -0.05) is 25.1 Å². The number of hydrogen-bond donors (Lipinski definition) is 2. The van der Waals surface area contributed by atoms with Gasteiger partial charge in [-0.2, -0.15) is 0 Å². The smallest absolute Gasteiger partial charge is 0.261 e. The molecule has 0 aliphatic carbocycles. The first-order chi connectivity index (χ1) is 16.7. The maximum atomic E-state index is 13.0. The average Bonchev–Trinajstić information content (AvgIpc) is 2.85. The Morgan fingerprint density at radius 3 is 2.34 bits per heavy atom. The van der Waals surface area contributed by atoms with Crippen molar-refractivity contribution in [2.75, 3.05) is 47.7 Å². The van der Waals surface area contributed by atoms with Crippen LogP contribution < -0.4 is 14.9 Å². The third-order valence-corrected chi connectivity index (χ3v) is 7.70. The second-order valence-corrected chi connectivity index (χ2v) is 10.6. The second-order valence-electron chi connectivity index (χ2n) is 8.88. The van der Waals surface area contributed by atoms with Crippen LogP contribution in [-0.2, 0) is 10.0 Å². The molecule has 35 heavy (non-hydrogen) atoms. The summed E-state index contributed by atoms with van der Waals surface area (Å²) in [7, 11) is -3.83. The van der Waals surface area contributed by atoms with Crippen molar-refractivity contribution >= 4 is 33.0 Å². The van der Waals surface area contributed by atoms with Gasteiger partial charge in [-0.3, -0.25) is 9.52 Å². The minimum absolute atomic E-state index is 0.0324. The number of benzene rings is 3. The van der Waals surface area contributed by atoms with E-state index in [0.29, 0.717) is 11.4 Å². The van der Waals surface area contributed by atoms with Gasteiger partial charge < -0.3 is 15.1 Å². The quantitative estimate of drug-likeness (QED) is 0.508. The van der Waals surface area contributed by atoms with Crippen molar-refractivity contribution in [3.05, 3.63) is 83.4 Å². The predicted octanol–water partition coefficient (Wildman–Crippen LogP) is 4.50. The highest BCUT2D eigenvalue weighted by molar-refractivity contribution is 7.92. The van der Waals surface area contributed by atoms with Crippen LogP contribution >= 0.6 is 0 Å². The zero-order valence-electron chi connectivity index (χ0n) is 20.4. The Morgan fingerprint density at radius 1 is 0.914 bits per heavy atom. The number of piperazine rings is 1. The number of rotatable bonds is 7. The van der Waals surface area contributed by atoms with Crippen molar-refractivity contribution in [2.45, 2.75) is 25.7 Å². The van der Waals surface area contributed by atoms with Crippen molar-refractivity contribution < 1.29 is 13.2 Å². The number of nitrogens with one attached hydrogen (secondary N) is 2. The minimum atomic E-state index is -3.83. The molecule has 0 unspecified atom stereocenters. The number of likely N-dealkylation sites (N-methyl/N-ethyl adjacent to an activating group) is 1. The molecule has 1 amide bonds. The largest absolute Gasteiger partial charge is 0.369 e. The van der Waals surface area contributed by atoms with E-state index in [1.165, 1.54) is 12.1 Å². The molecule has 0 radical (unpaired) electrons. The molecule has 4 rings (SSSR count). The summed E-state index contributed by atoms with van der Waals surface area (Å²) in [5, 5.41) is 2.93. The molecule has 0 bridgehead atoms. The van der Waals surface area contributed by atoms with Crippen molar-refractivity contribution in [1.29, 1.82) is 0 Å². The van der Waals surface area contributed by atoms with Crippen LogP contribution in [0, 0.1) is 13.8 Å². The molecule has 2 N–H and O–H groups in total. The Hall–Kier alpha value is -3.36. The third-order valence-electron chi connectivity index (χ3n) is 6.32. The maximum Gasteiger partial charge on any atom is 0.261 e. The van der Waals surface area contributed by atoms with E-state index in [1.807, 2.05) is 32.0 Å². The number of carbonyl (C=O) groups is 1. The lowest BCUT2D eigenvalue weighted by Gasteiger charge is -2.35. The molecule has 1 saturated heterocycles. The Kier molecular flexibility index (Phi) is 7.42. The number of sulfonamides is 1. The Labute approximate surface area is 207 Å². The fraction of sp³-hybridized carbons (Fsp3) is 0.296. The SMILES string of the molecule is CCN1CCN(c2ccc(NC(=O)c3cccc(S(=O)(=O)Nc4cccc(C)c4)c3)c(C)c2)CC1. The van der Waals surface area contributed by atoms with Crippen molar-refractivity contribution in [1.82, 2.24) is 4.90 Å². The van der Waals surface area contributed by atoms with Crippen LogP contribution in [0.2, 0.25) is 0 Å². The van der Waals surface area contributed by atoms with E-state index in [-0.39, 0.29) is 16.4 Å².